The van der Waals surface area contributed by atoms with Crippen molar-refractivity contribution >= 4 is 7.82 Å². The zero-order valence-electron chi connectivity index (χ0n) is 15.9. The van der Waals surface area contributed by atoms with Crippen molar-refractivity contribution in [1.29, 1.82) is 0 Å². The number of aliphatic hydroxyl groups excluding tert-OH is 5. The number of hydrogen-bond donors (Lipinski definition) is 6. The van der Waals surface area contributed by atoms with E-state index < -0.39 is 44.4 Å². The maximum absolute atomic E-state index is 12.0. The minimum atomic E-state index is -4.61. The lowest BCUT2D eigenvalue weighted by atomic mass is 9.85. The largest absolute Gasteiger partial charge is 0.472 e. The molecule has 3 unspecified atom stereocenters. The summed E-state index contributed by atoms with van der Waals surface area (Å²) in [4.78, 5) is 9.73. The summed E-state index contributed by atoms with van der Waals surface area (Å²) in [7, 11) is -4.61. The molecule has 1 fully saturated rings. The van der Waals surface area contributed by atoms with Crippen LogP contribution >= 0.6 is 7.82 Å². The van der Waals surface area contributed by atoms with Crippen molar-refractivity contribution in [2.75, 3.05) is 6.61 Å². The van der Waals surface area contributed by atoms with Crippen LogP contribution in [0.5, 0.6) is 0 Å². The van der Waals surface area contributed by atoms with E-state index in [-0.39, 0.29) is 6.61 Å². The first-order chi connectivity index (χ1) is 12.7. The van der Waals surface area contributed by atoms with E-state index in [2.05, 4.69) is 6.92 Å². The molecule has 162 valence electrons. The van der Waals surface area contributed by atoms with Crippen molar-refractivity contribution in [3.63, 3.8) is 0 Å². The molecule has 7 atom stereocenters. The highest BCUT2D eigenvalue weighted by Gasteiger charge is 2.51. The Kier molecular flexibility index (Phi) is 11.5. The average molecular weight is 414 g/mol. The molecule has 0 amide bonds. The van der Waals surface area contributed by atoms with Gasteiger partial charge in [-0.05, 0) is 6.42 Å². The van der Waals surface area contributed by atoms with Crippen LogP contribution in [0, 0.1) is 0 Å². The third kappa shape index (κ3) is 8.43. The van der Waals surface area contributed by atoms with Gasteiger partial charge in [-0.25, -0.2) is 4.57 Å². The minimum Gasteiger partial charge on any atom is -0.387 e. The van der Waals surface area contributed by atoms with Gasteiger partial charge in [-0.3, -0.25) is 9.05 Å². The van der Waals surface area contributed by atoms with Gasteiger partial charge in [-0.15, -0.1) is 0 Å². The van der Waals surface area contributed by atoms with Gasteiger partial charge >= 0.3 is 7.82 Å². The van der Waals surface area contributed by atoms with Gasteiger partial charge in [0, 0.05) is 0 Å². The molecule has 0 aromatic rings. The fourth-order valence-corrected chi connectivity index (χ4v) is 4.08. The molecule has 0 spiro atoms. The van der Waals surface area contributed by atoms with Gasteiger partial charge < -0.3 is 30.4 Å². The summed E-state index contributed by atoms with van der Waals surface area (Å²) >= 11 is 0. The van der Waals surface area contributed by atoms with Crippen LogP contribution in [0.3, 0.4) is 0 Å². The van der Waals surface area contributed by atoms with Crippen molar-refractivity contribution in [3.05, 3.63) is 0 Å². The number of hydrogen-bond acceptors (Lipinski definition) is 8. The average Bonchev–Trinajstić information content (AvgIpc) is 2.63. The van der Waals surface area contributed by atoms with Crippen LogP contribution in [0.25, 0.3) is 0 Å². The molecule has 1 rings (SSSR count). The van der Waals surface area contributed by atoms with E-state index in [1.165, 1.54) is 32.1 Å². The Bertz CT molecular complexity index is 434. The minimum absolute atomic E-state index is 0.0315. The quantitative estimate of drug-likeness (QED) is 0.190. The summed E-state index contributed by atoms with van der Waals surface area (Å²) in [5.41, 5.74) is 0. The lowest BCUT2D eigenvalue weighted by Gasteiger charge is -2.41. The number of unbranched alkanes of at least 4 members (excludes halogenated alkanes) is 8. The highest BCUT2D eigenvalue weighted by atomic mass is 31.2. The van der Waals surface area contributed by atoms with E-state index in [1.807, 2.05) is 0 Å². The van der Waals surface area contributed by atoms with Gasteiger partial charge in [0.2, 0.25) is 0 Å². The molecule has 0 radical (unpaired) electrons. The zero-order valence-corrected chi connectivity index (χ0v) is 16.8. The van der Waals surface area contributed by atoms with E-state index >= 15 is 0 Å². The third-order valence-electron chi connectivity index (χ3n) is 4.83. The van der Waals surface area contributed by atoms with E-state index in [0.717, 1.165) is 19.3 Å². The predicted molar refractivity (Wildman–Crippen MR) is 97.9 cm³/mol. The first-order valence-electron chi connectivity index (χ1n) is 9.77. The van der Waals surface area contributed by atoms with E-state index in [9.17, 15) is 35.0 Å². The number of phosphoric ester groups is 1. The van der Waals surface area contributed by atoms with Gasteiger partial charge in [0.05, 0.1) is 6.61 Å². The number of aliphatic hydroxyl groups is 5. The second-order valence-electron chi connectivity index (χ2n) is 7.15. The first-order valence-corrected chi connectivity index (χ1v) is 11.3. The molecule has 6 N–H and O–H groups in total. The zero-order chi connectivity index (χ0) is 20.4. The molecule has 0 aromatic carbocycles. The van der Waals surface area contributed by atoms with Gasteiger partial charge in [-0.1, -0.05) is 58.3 Å². The second-order valence-corrected chi connectivity index (χ2v) is 8.56. The molecule has 0 aliphatic heterocycles. The first kappa shape index (κ1) is 24.9. The molecular weight excluding hydrogens is 379 g/mol. The summed E-state index contributed by atoms with van der Waals surface area (Å²) in [5, 5.41) is 48.3. The second kappa shape index (κ2) is 12.5. The summed E-state index contributed by atoms with van der Waals surface area (Å²) in [6.07, 6.45) is -1.28. The van der Waals surface area contributed by atoms with Crippen LogP contribution in [0.4, 0.5) is 0 Å². The smallest absolute Gasteiger partial charge is 0.387 e. The molecule has 0 aromatic heterocycles. The molecular formula is C17H35O9P. The molecule has 1 aliphatic rings. The molecule has 1 aliphatic carbocycles. The normalized spacial score (nSPS) is 33.7. The van der Waals surface area contributed by atoms with Crippen LogP contribution in [0.15, 0.2) is 0 Å². The van der Waals surface area contributed by atoms with Gasteiger partial charge in [0.1, 0.15) is 36.6 Å². The Hall–Kier alpha value is -0.0900. The van der Waals surface area contributed by atoms with Crippen molar-refractivity contribution in [2.24, 2.45) is 0 Å². The standard InChI is InChI=1S/C17H35O9P/c1-2-3-4-5-6-7-8-9-10-11-25-27(23,24)26-17-15(21)13(19)12(18)14(20)16(17)22/h12-22H,2-11H2,1H3,(H,23,24)/t12?,13-,14+,15-,16-,17?/m0/s1. The fraction of sp³-hybridized carbons (Fsp3) is 1.00. The molecule has 27 heavy (non-hydrogen) atoms. The van der Waals surface area contributed by atoms with Crippen LogP contribution in [0.1, 0.15) is 64.7 Å². The molecule has 0 bridgehead atoms. The molecule has 1 saturated carbocycles. The number of phosphoric acid groups is 1. The van der Waals surface area contributed by atoms with Gasteiger partial charge in [0.25, 0.3) is 0 Å². The van der Waals surface area contributed by atoms with Gasteiger partial charge in [0.15, 0.2) is 0 Å². The molecule has 9 nitrogen and oxygen atoms in total. The highest BCUT2D eigenvalue weighted by molar-refractivity contribution is 7.47. The summed E-state index contributed by atoms with van der Waals surface area (Å²) < 4.78 is 21.5. The topological polar surface area (TPSA) is 157 Å². The van der Waals surface area contributed by atoms with Crippen molar-refractivity contribution in [3.8, 4) is 0 Å². The van der Waals surface area contributed by atoms with Crippen LogP contribution in [-0.2, 0) is 13.6 Å². The maximum atomic E-state index is 12.0. The van der Waals surface area contributed by atoms with E-state index in [0.29, 0.717) is 6.42 Å². The lowest BCUT2D eigenvalue weighted by molar-refractivity contribution is -0.220. The summed E-state index contributed by atoms with van der Waals surface area (Å²) in [5.74, 6) is 0. The van der Waals surface area contributed by atoms with Gasteiger partial charge in [-0.2, -0.15) is 0 Å². The van der Waals surface area contributed by atoms with Crippen molar-refractivity contribution < 1.29 is 44.0 Å². The van der Waals surface area contributed by atoms with E-state index in [4.69, 9.17) is 9.05 Å². The summed E-state index contributed by atoms with van der Waals surface area (Å²) in [6.45, 7) is 2.14. The fourth-order valence-electron chi connectivity index (χ4n) is 3.10. The highest BCUT2D eigenvalue weighted by Crippen LogP contribution is 2.47. The molecule has 0 heterocycles. The van der Waals surface area contributed by atoms with Crippen molar-refractivity contribution in [2.45, 2.75) is 101 Å². The Balaban J connectivity index is 2.26. The summed E-state index contributed by atoms with van der Waals surface area (Å²) in [6, 6.07) is 0. The predicted octanol–water partition coefficient (Wildman–Crippen LogP) is 0.837. The maximum Gasteiger partial charge on any atom is 0.472 e. The third-order valence-corrected chi connectivity index (χ3v) is 5.85. The Labute approximate surface area is 160 Å². The number of rotatable bonds is 13. The Morgan fingerprint density at radius 3 is 1.59 bits per heavy atom. The van der Waals surface area contributed by atoms with Crippen molar-refractivity contribution in [1.82, 2.24) is 0 Å². The monoisotopic (exact) mass is 414 g/mol. The van der Waals surface area contributed by atoms with Crippen LogP contribution in [-0.4, -0.2) is 73.7 Å². The SMILES string of the molecule is CCCCCCCCCCCOP(=O)(O)OC1[C@@H](O)[C@H](O)C(O)[C@H](O)[C@@H]1O. The van der Waals surface area contributed by atoms with Crippen LogP contribution in [0.2, 0.25) is 0 Å². The molecule has 10 heteroatoms. The Morgan fingerprint density at radius 2 is 1.11 bits per heavy atom. The molecule has 0 saturated heterocycles. The van der Waals surface area contributed by atoms with E-state index in [1.54, 1.807) is 0 Å². The Morgan fingerprint density at radius 1 is 0.704 bits per heavy atom. The van der Waals surface area contributed by atoms with Crippen LogP contribution < -0.4 is 0 Å². The lowest BCUT2D eigenvalue weighted by Crippen LogP contribution is -2.64.